The van der Waals surface area contributed by atoms with Gasteiger partial charge in [-0.1, -0.05) is 18.2 Å². The Hall–Kier alpha value is -3.46. The Morgan fingerprint density at radius 3 is 2.38 bits per heavy atom. The van der Waals surface area contributed by atoms with Crippen LogP contribution < -0.4 is 15.5 Å². The number of carbonyl (C=O) groups is 3. The zero-order valence-corrected chi connectivity index (χ0v) is 18.5. The first-order chi connectivity index (χ1) is 15.3. The van der Waals surface area contributed by atoms with Crippen LogP contribution in [0.1, 0.15) is 27.0 Å². The fraction of sp³-hybridized carbons (Fsp3) is 0.391. The van der Waals surface area contributed by atoms with Gasteiger partial charge in [0.15, 0.2) is 5.54 Å². The number of ether oxygens (including phenoxy) is 1. The van der Waals surface area contributed by atoms with Crippen LogP contribution in [0.3, 0.4) is 0 Å². The van der Waals surface area contributed by atoms with Gasteiger partial charge in [-0.2, -0.15) is 0 Å². The van der Waals surface area contributed by atoms with Crippen LogP contribution in [0, 0.1) is 13.8 Å². The number of methoxy groups -OCH3 is 1. The second-order valence-corrected chi connectivity index (χ2v) is 8.26. The van der Waals surface area contributed by atoms with Crippen molar-refractivity contribution in [3.05, 3.63) is 58.8 Å². The summed E-state index contributed by atoms with van der Waals surface area (Å²) in [6.07, 6.45) is 1.87. The average Bonchev–Trinajstić information content (AvgIpc) is 3.07. The van der Waals surface area contributed by atoms with Gasteiger partial charge in [0.1, 0.15) is 5.82 Å². The lowest BCUT2D eigenvalue weighted by atomic mass is 9.90. The summed E-state index contributed by atoms with van der Waals surface area (Å²) in [5.74, 6) is 0.428. The summed E-state index contributed by atoms with van der Waals surface area (Å²) in [6.45, 7) is 6.69. The van der Waals surface area contributed by atoms with Crippen molar-refractivity contribution in [3.8, 4) is 0 Å². The van der Waals surface area contributed by atoms with E-state index in [4.69, 9.17) is 4.74 Å². The van der Waals surface area contributed by atoms with E-state index in [0.29, 0.717) is 37.3 Å². The molecule has 9 heteroatoms. The van der Waals surface area contributed by atoms with Crippen molar-refractivity contribution in [1.82, 2.24) is 20.5 Å². The predicted molar refractivity (Wildman–Crippen MR) is 118 cm³/mol. The lowest BCUT2D eigenvalue weighted by Crippen LogP contribution is -2.49. The van der Waals surface area contributed by atoms with Crippen molar-refractivity contribution in [2.24, 2.45) is 0 Å². The van der Waals surface area contributed by atoms with Crippen molar-refractivity contribution in [2.45, 2.75) is 19.4 Å². The second kappa shape index (κ2) is 8.58. The van der Waals surface area contributed by atoms with Gasteiger partial charge in [0.25, 0.3) is 11.8 Å². The highest BCUT2D eigenvalue weighted by atomic mass is 16.5. The Bertz CT molecular complexity index is 1050. The third kappa shape index (κ3) is 3.91. The van der Waals surface area contributed by atoms with Gasteiger partial charge in [0.05, 0.1) is 6.61 Å². The summed E-state index contributed by atoms with van der Waals surface area (Å²) in [6, 6.07) is 8.30. The number of anilines is 1. The minimum absolute atomic E-state index is 0.00765. The van der Waals surface area contributed by atoms with Gasteiger partial charge < -0.3 is 19.9 Å². The minimum atomic E-state index is -1.29. The van der Waals surface area contributed by atoms with Gasteiger partial charge in [0, 0.05) is 45.0 Å². The monoisotopic (exact) mass is 437 g/mol. The summed E-state index contributed by atoms with van der Waals surface area (Å²) >= 11 is 0. The number of imide groups is 1. The van der Waals surface area contributed by atoms with Gasteiger partial charge >= 0.3 is 6.03 Å². The molecule has 2 saturated heterocycles. The van der Waals surface area contributed by atoms with Crippen molar-refractivity contribution in [2.75, 3.05) is 44.8 Å². The highest BCUT2D eigenvalue weighted by Crippen LogP contribution is 2.26. The maximum absolute atomic E-state index is 13.0. The highest BCUT2D eigenvalue weighted by Gasteiger charge is 2.48. The molecule has 3 heterocycles. The molecule has 0 bridgehead atoms. The Morgan fingerprint density at radius 2 is 1.81 bits per heavy atom. The molecule has 2 aromatic rings. The summed E-state index contributed by atoms with van der Waals surface area (Å²) in [5, 5.41) is 4.89. The van der Waals surface area contributed by atoms with Crippen molar-refractivity contribution in [3.63, 3.8) is 0 Å². The van der Waals surface area contributed by atoms with Gasteiger partial charge in [0.2, 0.25) is 0 Å². The molecule has 32 heavy (non-hydrogen) atoms. The number of urea groups is 1. The fourth-order valence-electron chi connectivity index (χ4n) is 4.34. The van der Waals surface area contributed by atoms with E-state index in [9.17, 15) is 14.4 Å². The van der Waals surface area contributed by atoms with Crippen LogP contribution in [0.15, 0.2) is 36.5 Å². The Balaban J connectivity index is 1.44. The number of hydrogen-bond donors (Lipinski definition) is 2. The molecule has 0 radical (unpaired) electrons. The van der Waals surface area contributed by atoms with Crippen LogP contribution >= 0.6 is 0 Å². The topological polar surface area (TPSA) is 104 Å². The van der Waals surface area contributed by atoms with E-state index in [0.717, 1.165) is 16.9 Å². The first-order valence-corrected chi connectivity index (χ1v) is 10.5. The zero-order chi connectivity index (χ0) is 22.9. The van der Waals surface area contributed by atoms with Crippen molar-refractivity contribution < 1.29 is 19.1 Å². The maximum atomic E-state index is 13.0. The molecule has 2 aliphatic heterocycles. The molecule has 0 aliphatic carbocycles. The molecule has 0 unspecified atom stereocenters. The molecule has 1 aromatic carbocycles. The number of aryl methyl sites for hydroxylation is 2. The highest BCUT2D eigenvalue weighted by molar-refractivity contribution is 6.07. The number of pyridine rings is 1. The molecular formula is C23H27N5O4. The fourth-order valence-corrected chi connectivity index (χ4v) is 4.34. The van der Waals surface area contributed by atoms with E-state index in [-0.39, 0.29) is 12.5 Å². The number of amides is 4. The second-order valence-electron chi connectivity index (χ2n) is 8.26. The summed E-state index contributed by atoms with van der Waals surface area (Å²) < 4.78 is 5.18. The molecule has 0 spiro atoms. The molecule has 0 saturated carbocycles. The number of nitrogens with one attached hydrogen (secondary N) is 2. The first-order valence-electron chi connectivity index (χ1n) is 10.5. The molecular weight excluding hydrogens is 410 g/mol. The molecule has 168 valence electrons. The standard InChI is InChI=1S/C23H27N5O4/c1-15-12-16(2)19(24-13-15)27-8-10-28(11-9-27)20(29)17-4-6-18(7-5-17)23(14-32-3)21(30)25-22(31)26-23/h4-7,12-13H,8-11,14H2,1-3H3,(H2,25,26,30,31)/t23-/m1/s1. The maximum Gasteiger partial charge on any atom is 0.322 e. The molecule has 4 amide bonds. The SMILES string of the molecule is COC[C@]1(c2ccc(C(=O)N3CCN(c4ncc(C)cc4C)CC3)cc2)NC(=O)NC1=O. The first kappa shape index (κ1) is 21.8. The Kier molecular flexibility index (Phi) is 5.84. The van der Waals surface area contributed by atoms with Crippen molar-refractivity contribution >= 4 is 23.7 Å². The molecule has 9 nitrogen and oxygen atoms in total. The number of piperazine rings is 1. The largest absolute Gasteiger partial charge is 0.381 e. The van der Waals surface area contributed by atoms with Gasteiger partial charge in [-0.05, 0) is 42.7 Å². The molecule has 2 N–H and O–H groups in total. The van der Waals surface area contributed by atoms with Crippen LogP contribution in [-0.4, -0.2) is 67.6 Å². The predicted octanol–water partition coefficient (Wildman–Crippen LogP) is 1.34. The third-order valence-corrected chi connectivity index (χ3v) is 5.98. The zero-order valence-electron chi connectivity index (χ0n) is 18.5. The number of hydrogen-bond acceptors (Lipinski definition) is 6. The van der Waals surface area contributed by atoms with E-state index in [2.05, 4.69) is 33.5 Å². The number of nitrogens with zero attached hydrogens (tertiary/aromatic N) is 3. The molecule has 1 aromatic heterocycles. The van der Waals surface area contributed by atoms with Crippen LogP contribution in [0.5, 0.6) is 0 Å². The Labute approximate surface area is 186 Å². The van der Waals surface area contributed by atoms with Gasteiger partial charge in [-0.3, -0.25) is 14.9 Å². The molecule has 4 rings (SSSR count). The van der Waals surface area contributed by atoms with Gasteiger partial charge in [-0.15, -0.1) is 0 Å². The van der Waals surface area contributed by atoms with E-state index < -0.39 is 17.5 Å². The molecule has 1 atom stereocenters. The normalized spacial score (nSPS) is 20.8. The summed E-state index contributed by atoms with van der Waals surface area (Å²) in [7, 11) is 1.46. The van der Waals surface area contributed by atoms with E-state index >= 15 is 0 Å². The van der Waals surface area contributed by atoms with Crippen LogP contribution in [0.4, 0.5) is 10.6 Å². The molecule has 2 aliphatic rings. The minimum Gasteiger partial charge on any atom is -0.381 e. The van der Waals surface area contributed by atoms with E-state index in [1.54, 1.807) is 24.3 Å². The van der Waals surface area contributed by atoms with E-state index in [1.165, 1.54) is 7.11 Å². The summed E-state index contributed by atoms with van der Waals surface area (Å²) in [4.78, 5) is 45.7. The van der Waals surface area contributed by atoms with Gasteiger partial charge in [-0.25, -0.2) is 9.78 Å². The van der Waals surface area contributed by atoms with Crippen molar-refractivity contribution in [1.29, 1.82) is 0 Å². The lowest BCUT2D eigenvalue weighted by molar-refractivity contribution is -0.126. The quantitative estimate of drug-likeness (QED) is 0.685. The molecule has 2 fully saturated rings. The van der Waals surface area contributed by atoms with E-state index in [1.807, 2.05) is 18.0 Å². The van der Waals surface area contributed by atoms with Crippen LogP contribution in [0.2, 0.25) is 0 Å². The van der Waals surface area contributed by atoms with Crippen LogP contribution in [-0.2, 0) is 15.1 Å². The number of benzene rings is 1. The number of carbonyl (C=O) groups excluding carboxylic acids is 3. The smallest absolute Gasteiger partial charge is 0.322 e. The Morgan fingerprint density at radius 1 is 1.12 bits per heavy atom. The third-order valence-electron chi connectivity index (χ3n) is 5.98. The lowest BCUT2D eigenvalue weighted by Gasteiger charge is -2.36. The summed E-state index contributed by atoms with van der Waals surface area (Å²) in [5.41, 5.74) is 2.06. The number of rotatable bonds is 5. The van der Waals surface area contributed by atoms with Crippen LogP contribution in [0.25, 0.3) is 0 Å². The number of aromatic nitrogens is 1. The average molecular weight is 438 g/mol.